The first-order valence-corrected chi connectivity index (χ1v) is 11.3. The van der Waals surface area contributed by atoms with Gasteiger partial charge in [0.25, 0.3) is 0 Å². The van der Waals surface area contributed by atoms with Crippen LogP contribution in [0, 0.1) is 0 Å². The maximum atomic E-state index is 10.2. The van der Waals surface area contributed by atoms with Crippen molar-refractivity contribution in [2.24, 2.45) is 0 Å². The minimum absolute atomic E-state index is 0.0463. The summed E-state index contributed by atoms with van der Waals surface area (Å²) < 4.78 is 0. The van der Waals surface area contributed by atoms with Crippen molar-refractivity contribution in [3.8, 4) is 5.75 Å². The van der Waals surface area contributed by atoms with Crippen molar-refractivity contribution in [3.05, 3.63) is 29.8 Å². The van der Waals surface area contributed by atoms with Crippen molar-refractivity contribution in [2.75, 3.05) is 0 Å². The van der Waals surface area contributed by atoms with E-state index in [1.807, 2.05) is 0 Å². The van der Waals surface area contributed by atoms with Gasteiger partial charge in [0.05, 0.1) is 6.10 Å². The minimum Gasteiger partial charge on any atom is -0.508 e. The van der Waals surface area contributed by atoms with Gasteiger partial charge in [0.15, 0.2) is 0 Å². The topological polar surface area (TPSA) is 60.7 Å². The largest absolute Gasteiger partial charge is 0.508 e. The van der Waals surface area contributed by atoms with E-state index in [0.717, 1.165) is 12.8 Å². The molecule has 0 saturated heterocycles. The van der Waals surface area contributed by atoms with Crippen LogP contribution < -0.4 is 0 Å². The molecule has 0 aliphatic heterocycles. The van der Waals surface area contributed by atoms with Gasteiger partial charge in [-0.15, -0.1) is 0 Å². The van der Waals surface area contributed by atoms with Crippen molar-refractivity contribution in [3.63, 3.8) is 0 Å². The van der Waals surface area contributed by atoms with Crippen LogP contribution in [0.4, 0.5) is 0 Å². The zero-order chi connectivity index (χ0) is 19.7. The lowest BCUT2D eigenvalue weighted by Crippen LogP contribution is -2.18. The highest BCUT2D eigenvalue weighted by molar-refractivity contribution is 5.34. The molecule has 3 heteroatoms. The number of rotatable bonds is 17. The molecule has 156 valence electrons. The molecule has 0 aliphatic carbocycles. The fourth-order valence-electron chi connectivity index (χ4n) is 3.65. The predicted octanol–water partition coefficient (Wildman–Crippen LogP) is 6.66. The Morgan fingerprint density at radius 2 is 1.11 bits per heavy atom. The number of hydrogen-bond donors (Lipinski definition) is 3. The van der Waals surface area contributed by atoms with Crippen molar-refractivity contribution in [1.29, 1.82) is 0 Å². The van der Waals surface area contributed by atoms with E-state index in [1.165, 1.54) is 83.1 Å². The van der Waals surface area contributed by atoms with Crippen LogP contribution in [-0.2, 0) is 0 Å². The Labute approximate surface area is 166 Å². The van der Waals surface area contributed by atoms with Gasteiger partial charge in [-0.1, -0.05) is 115 Å². The summed E-state index contributed by atoms with van der Waals surface area (Å²) in [6, 6.07) is 6.68. The van der Waals surface area contributed by atoms with E-state index in [1.54, 1.807) is 18.2 Å². The van der Waals surface area contributed by atoms with E-state index in [-0.39, 0.29) is 5.75 Å². The zero-order valence-electron chi connectivity index (χ0n) is 17.4. The number of aliphatic hydroxyl groups excluding tert-OH is 2. The molecule has 1 rings (SSSR count). The van der Waals surface area contributed by atoms with Crippen LogP contribution in [0.25, 0.3) is 0 Å². The van der Waals surface area contributed by atoms with E-state index >= 15 is 0 Å². The molecule has 0 saturated carbocycles. The molecule has 3 nitrogen and oxygen atoms in total. The Hall–Kier alpha value is -1.06. The molecule has 0 amide bonds. The van der Waals surface area contributed by atoms with Crippen molar-refractivity contribution < 1.29 is 15.3 Å². The molecular formula is C24H42O3. The first-order chi connectivity index (χ1) is 13.2. The van der Waals surface area contributed by atoms with Gasteiger partial charge in [-0.2, -0.15) is 0 Å². The Kier molecular flexibility index (Phi) is 14.2. The smallest absolute Gasteiger partial charge is 0.121 e. The predicted molar refractivity (Wildman–Crippen MR) is 114 cm³/mol. The molecule has 0 aliphatic rings. The fourth-order valence-corrected chi connectivity index (χ4v) is 3.65. The number of phenolic OH excluding ortho intramolecular Hbond substituents is 1. The van der Waals surface area contributed by atoms with Crippen molar-refractivity contribution in [2.45, 2.75) is 115 Å². The van der Waals surface area contributed by atoms with E-state index < -0.39 is 12.2 Å². The molecule has 0 aromatic heterocycles. The van der Waals surface area contributed by atoms with E-state index in [9.17, 15) is 15.3 Å². The van der Waals surface area contributed by atoms with Gasteiger partial charge in [-0.3, -0.25) is 0 Å². The van der Waals surface area contributed by atoms with Gasteiger partial charge >= 0.3 is 0 Å². The molecule has 0 radical (unpaired) electrons. The van der Waals surface area contributed by atoms with Gasteiger partial charge < -0.3 is 15.3 Å². The number of phenols is 1. The lowest BCUT2D eigenvalue weighted by molar-refractivity contribution is 0.0107. The summed E-state index contributed by atoms with van der Waals surface area (Å²) >= 11 is 0. The molecule has 0 spiro atoms. The standard InChI is InChI=1S/C24H42O3/c1-2-3-4-5-6-7-8-9-10-11-12-13-14-15-20-23(26)24(27)21-18-16-17-19-22(21)25/h16-19,23-27H,2-15,20H2,1H3. The van der Waals surface area contributed by atoms with Crippen molar-refractivity contribution in [1.82, 2.24) is 0 Å². The third-order valence-electron chi connectivity index (χ3n) is 5.47. The van der Waals surface area contributed by atoms with Crippen LogP contribution in [0.15, 0.2) is 24.3 Å². The van der Waals surface area contributed by atoms with Gasteiger partial charge in [0, 0.05) is 5.56 Å². The summed E-state index contributed by atoms with van der Waals surface area (Å²) in [6.07, 6.45) is 17.1. The highest BCUT2D eigenvalue weighted by atomic mass is 16.3. The number of hydrogen-bond acceptors (Lipinski definition) is 3. The normalized spacial score (nSPS) is 13.6. The summed E-state index contributed by atoms with van der Waals surface area (Å²) in [5, 5.41) is 30.0. The summed E-state index contributed by atoms with van der Waals surface area (Å²) in [7, 11) is 0. The molecule has 27 heavy (non-hydrogen) atoms. The van der Waals surface area contributed by atoms with Gasteiger partial charge in [0.2, 0.25) is 0 Å². The molecule has 0 bridgehead atoms. The van der Waals surface area contributed by atoms with Crippen molar-refractivity contribution >= 4 is 0 Å². The number of aliphatic hydroxyl groups is 2. The summed E-state index contributed by atoms with van der Waals surface area (Å²) in [5.41, 5.74) is 0.412. The lowest BCUT2D eigenvalue weighted by atomic mass is 9.98. The third-order valence-corrected chi connectivity index (χ3v) is 5.47. The zero-order valence-corrected chi connectivity index (χ0v) is 17.4. The highest BCUT2D eigenvalue weighted by Gasteiger charge is 2.20. The molecule has 1 aromatic rings. The second-order valence-corrected chi connectivity index (χ2v) is 7.96. The summed E-state index contributed by atoms with van der Waals surface area (Å²) in [5.74, 6) is 0.0463. The Balaban J connectivity index is 1.92. The van der Waals surface area contributed by atoms with Crippen LogP contribution in [0.1, 0.15) is 115 Å². The molecule has 0 heterocycles. The van der Waals surface area contributed by atoms with Crippen LogP contribution >= 0.6 is 0 Å². The SMILES string of the molecule is CCCCCCCCCCCCCCCCC(O)C(O)c1ccccc1O. The Morgan fingerprint density at radius 3 is 1.59 bits per heavy atom. The average Bonchev–Trinajstić information content (AvgIpc) is 2.68. The number of benzene rings is 1. The first-order valence-electron chi connectivity index (χ1n) is 11.3. The third kappa shape index (κ3) is 11.4. The van der Waals surface area contributed by atoms with Crippen LogP contribution in [0.2, 0.25) is 0 Å². The minimum atomic E-state index is -1.01. The second kappa shape index (κ2) is 15.9. The number of unbranched alkanes of at least 4 members (excludes halogenated alkanes) is 13. The van der Waals surface area contributed by atoms with Crippen LogP contribution in [-0.4, -0.2) is 21.4 Å². The van der Waals surface area contributed by atoms with E-state index in [2.05, 4.69) is 6.92 Å². The quantitative estimate of drug-likeness (QED) is 0.266. The summed E-state index contributed by atoms with van der Waals surface area (Å²) in [6.45, 7) is 2.27. The maximum absolute atomic E-state index is 10.2. The molecule has 2 unspecified atom stereocenters. The van der Waals surface area contributed by atoms with E-state index in [0.29, 0.717) is 12.0 Å². The average molecular weight is 379 g/mol. The fraction of sp³-hybridized carbons (Fsp3) is 0.750. The number of aromatic hydroxyl groups is 1. The molecule has 0 fully saturated rings. The summed E-state index contributed by atoms with van der Waals surface area (Å²) in [4.78, 5) is 0. The second-order valence-electron chi connectivity index (χ2n) is 7.96. The highest BCUT2D eigenvalue weighted by Crippen LogP contribution is 2.28. The van der Waals surface area contributed by atoms with Gasteiger partial charge in [0.1, 0.15) is 11.9 Å². The van der Waals surface area contributed by atoms with E-state index in [4.69, 9.17) is 0 Å². The molecular weight excluding hydrogens is 336 g/mol. The number of para-hydroxylation sites is 1. The maximum Gasteiger partial charge on any atom is 0.121 e. The Bertz CT molecular complexity index is 461. The molecule has 2 atom stereocenters. The monoisotopic (exact) mass is 378 g/mol. The van der Waals surface area contributed by atoms with Gasteiger partial charge in [-0.25, -0.2) is 0 Å². The van der Waals surface area contributed by atoms with Crippen LogP contribution in [0.3, 0.4) is 0 Å². The molecule has 1 aromatic carbocycles. The molecule has 3 N–H and O–H groups in total. The Morgan fingerprint density at radius 1 is 0.667 bits per heavy atom. The van der Waals surface area contributed by atoms with Gasteiger partial charge in [-0.05, 0) is 12.5 Å². The van der Waals surface area contributed by atoms with Crippen LogP contribution in [0.5, 0.6) is 5.75 Å². The first kappa shape index (κ1) is 24.0. The lowest BCUT2D eigenvalue weighted by Gasteiger charge is -2.19.